The predicted molar refractivity (Wildman–Crippen MR) is 134 cm³/mol. The van der Waals surface area contributed by atoms with Crippen molar-refractivity contribution in [2.75, 3.05) is 38.2 Å². The first-order valence-corrected chi connectivity index (χ1v) is 12.9. The minimum absolute atomic E-state index is 0.0265. The first-order valence-electron chi connectivity index (χ1n) is 12.9. The Bertz CT molecular complexity index is 1120. The summed E-state index contributed by atoms with van der Waals surface area (Å²) in [6, 6.07) is 0.441. The average Bonchev–Trinajstić information content (AvgIpc) is 3.52. The van der Waals surface area contributed by atoms with Crippen LogP contribution in [0.5, 0.6) is 0 Å². The molecule has 196 valence electrons. The Balaban J connectivity index is 1.27. The number of fused-ring (bicyclic) bond motifs is 1. The molecule has 2 aromatic heterocycles. The van der Waals surface area contributed by atoms with Gasteiger partial charge in [-0.15, -0.1) is 0 Å². The molecule has 5 heterocycles. The number of imidazole rings is 1. The van der Waals surface area contributed by atoms with Gasteiger partial charge in [0.25, 0.3) is 5.91 Å². The summed E-state index contributed by atoms with van der Waals surface area (Å²) in [5.74, 6) is 0.850. The van der Waals surface area contributed by atoms with E-state index in [0.717, 1.165) is 50.4 Å². The molecule has 0 radical (unpaired) electrons. The zero-order valence-corrected chi connectivity index (χ0v) is 22.0. The lowest BCUT2D eigenvalue weighted by molar-refractivity contribution is 0.00882. The van der Waals surface area contributed by atoms with Gasteiger partial charge >= 0.3 is 6.03 Å². The van der Waals surface area contributed by atoms with Crippen LogP contribution >= 0.6 is 0 Å². The van der Waals surface area contributed by atoms with Gasteiger partial charge in [-0.1, -0.05) is 0 Å². The molecule has 3 amide bonds. The fourth-order valence-corrected chi connectivity index (χ4v) is 5.81. The lowest BCUT2D eigenvalue weighted by Crippen LogP contribution is -2.62. The minimum Gasteiger partial charge on any atom is -0.381 e. The first kappa shape index (κ1) is 24.8. The maximum atomic E-state index is 13.9. The fourth-order valence-electron chi connectivity index (χ4n) is 5.81. The van der Waals surface area contributed by atoms with Crippen LogP contribution in [0.2, 0.25) is 0 Å². The molecule has 0 bridgehead atoms. The maximum absolute atomic E-state index is 13.9. The Morgan fingerprint density at radius 2 is 1.94 bits per heavy atom. The van der Waals surface area contributed by atoms with E-state index in [1.165, 1.54) is 6.20 Å². The van der Waals surface area contributed by atoms with Crippen LogP contribution in [0.1, 0.15) is 62.3 Å². The summed E-state index contributed by atoms with van der Waals surface area (Å²) in [4.78, 5) is 37.1. The lowest BCUT2D eigenvalue weighted by atomic mass is 9.97. The van der Waals surface area contributed by atoms with E-state index in [1.807, 2.05) is 23.6 Å². The number of amides is 3. The molecular formula is C25H38N8O3. The highest BCUT2D eigenvalue weighted by molar-refractivity contribution is 6.03. The summed E-state index contributed by atoms with van der Waals surface area (Å²) in [7, 11) is 1.77. The highest BCUT2D eigenvalue weighted by Crippen LogP contribution is 2.41. The van der Waals surface area contributed by atoms with E-state index in [0.29, 0.717) is 36.6 Å². The monoisotopic (exact) mass is 498 g/mol. The predicted octanol–water partition coefficient (Wildman–Crippen LogP) is 2.39. The second-order valence-corrected chi connectivity index (χ2v) is 11.1. The smallest absolute Gasteiger partial charge is 0.321 e. The number of urea groups is 1. The summed E-state index contributed by atoms with van der Waals surface area (Å²) in [5, 5.41) is 10.3. The third kappa shape index (κ3) is 4.39. The topological polar surface area (TPSA) is 112 Å². The van der Waals surface area contributed by atoms with Gasteiger partial charge in [0.05, 0.1) is 30.3 Å². The number of rotatable bonds is 4. The summed E-state index contributed by atoms with van der Waals surface area (Å²) in [6.07, 6.45) is 5.34. The zero-order valence-electron chi connectivity index (χ0n) is 22.0. The molecule has 2 N–H and O–H groups in total. The first-order chi connectivity index (χ1) is 17.2. The van der Waals surface area contributed by atoms with E-state index in [2.05, 4.69) is 39.2 Å². The largest absolute Gasteiger partial charge is 0.381 e. The zero-order chi connectivity index (χ0) is 25.6. The number of aromatic nitrogens is 4. The van der Waals surface area contributed by atoms with Crippen molar-refractivity contribution in [3.05, 3.63) is 29.5 Å². The number of nitrogens with one attached hydrogen (secondary N) is 2. The Hall–Kier alpha value is -2.92. The van der Waals surface area contributed by atoms with Crippen LogP contribution in [0, 0.1) is 5.92 Å². The van der Waals surface area contributed by atoms with Gasteiger partial charge in [0.15, 0.2) is 5.82 Å². The second-order valence-electron chi connectivity index (χ2n) is 11.1. The molecule has 11 nitrogen and oxygen atoms in total. The number of H-pyrrole nitrogens is 1. The highest BCUT2D eigenvalue weighted by atomic mass is 16.5. The number of hydrogen-bond donors (Lipinski definition) is 2. The van der Waals surface area contributed by atoms with Gasteiger partial charge in [-0.2, -0.15) is 5.10 Å². The molecule has 0 aliphatic carbocycles. The Morgan fingerprint density at radius 3 is 2.64 bits per heavy atom. The van der Waals surface area contributed by atoms with E-state index in [1.54, 1.807) is 17.9 Å². The van der Waals surface area contributed by atoms with Crippen LogP contribution < -0.4 is 5.32 Å². The average molecular weight is 499 g/mol. The number of anilines is 1. The van der Waals surface area contributed by atoms with Crippen molar-refractivity contribution >= 4 is 17.8 Å². The van der Waals surface area contributed by atoms with E-state index in [4.69, 9.17) is 4.74 Å². The third-order valence-corrected chi connectivity index (χ3v) is 8.18. The quantitative estimate of drug-likeness (QED) is 0.670. The SMILES string of the molecule is C[C@@H]1CN(C(=O)N2Cc3c(NC(=O)c4cncn4C)n[nH]c3C2(C)C)[C@@H](C)CN1CC1CCOCC1. The molecule has 2 saturated heterocycles. The molecule has 0 unspecified atom stereocenters. The van der Waals surface area contributed by atoms with Crippen LogP contribution in [-0.4, -0.2) is 91.3 Å². The van der Waals surface area contributed by atoms with Gasteiger partial charge in [-0.05, 0) is 46.5 Å². The molecule has 2 fully saturated rings. The number of hydrogen-bond acceptors (Lipinski definition) is 6. The normalized spacial score (nSPS) is 24.7. The summed E-state index contributed by atoms with van der Waals surface area (Å²) in [5.41, 5.74) is 1.58. The van der Waals surface area contributed by atoms with Gasteiger partial charge in [-0.25, -0.2) is 9.78 Å². The molecule has 11 heteroatoms. The molecule has 2 atom stereocenters. The van der Waals surface area contributed by atoms with Crippen molar-refractivity contribution in [3.63, 3.8) is 0 Å². The van der Waals surface area contributed by atoms with Crippen LogP contribution in [-0.2, 0) is 23.9 Å². The number of ether oxygens (including phenoxy) is 1. The molecule has 2 aromatic rings. The minimum atomic E-state index is -0.572. The highest BCUT2D eigenvalue weighted by Gasteiger charge is 2.47. The van der Waals surface area contributed by atoms with Gasteiger partial charge in [0.2, 0.25) is 0 Å². The fraction of sp³-hybridized carbons (Fsp3) is 0.680. The molecule has 3 aliphatic rings. The van der Waals surface area contributed by atoms with Gasteiger partial charge in [0.1, 0.15) is 5.69 Å². The van der Waals surface area contributed by atoms with Crippen molar-refractivity contribution < 1.29 is 14.3 Å². The maximum Gasteiger partial charge on any atom is 0.321 e. The lowest BCUT2D eigenvalue weighted by Gasteiger charge is -2.47. The van der Waals surface area contributed by atoms with Crippen LogP contribution in [0.3, 0.4) is 0 Å². The van der Waals surface area contributed by atoms with Gasteiger partial charge in [-0.3, -0.25) is 14.8 Å². The van der Waals surface area contributed by atoms with E-state index in [-0.39, 0.29) is 18.0 Å². The van der Waals surface area contributed by atoms with E-state index >= 15 is 0 Å². The summed E-state index contributed by atoms with van der Waals surface area (Å²) >= 11 is 0. The molecular weight excluding hydrogens is 460 g/mol. The number of carbonyl (C=O) groups excluding carboxylic acids is 2. The number of piperazine rings is 1. The van der Waals surface area contributed by atoms with Crippen molar-refractivity contribution in [3.8, 4) is 0 Å². The molecule has 0 saturated carbocycles. The third-order valence-electron chi connectivity index (χ3n) is 8.18. The van der Waals surface area contributed by atoms with E-state index < -0.39 is 5.54 Å². The van der Waals surface area contributed by atoms with Crippen LogP contribution in [0.25, 0.3) is 0 Å². The van der Waals surface area contributed by atoms with Crippen molar-refractivity contribution in [1.29, 1.82) is 0 Å². The summed E-state index contributed by atoms with van der Waals surface area (Å²) < 4.78 is 7.18. The molecule has 0 aromatic carbocycles. The Morgan fingerprint density at radius 1 is 1.19 bits per heavy atom. The van der Waals surface area contributed by atoms with Crippen LogP contribution in [0.15, 0.2) is 12.5 Å². The summed E-state index contributed by atoms with van der Waals surface area (Å²) in [6.45, 7) is 13.2. The van der Waals surface area contributed by atoms with Crippen molar-refractivity contribution in [2.45, 2.75) is 64.7 Å². The number of aryl methyl sites for hydroxylation is 1. The molecule has 0 spiro atoms. The van der Waals surface area contributed by atoms with Crippen molar-refractivity contribution in [2.24, 2.45) is 13.0 Å². The van der Waals surface area contributed by atoms with Gasteiger partial charge in [0, 0.05) is 57.5 Å². The molecule has 36 heavy (non-hydrogen) atoms. The van der Waals surface area contributed by atoms with Crippen LogP contribution in [0.4, 0.5) is 10.6 Å². The van der Waals surface area contributed by atoms with Crippen molar-refractivity contribution in [1.82, 2.24) is 34.4 Å². The number of carbonyl (C=O) groups is 2. The number of aromatic amines is 1. The van der Waals surface area contributed by atoms with Gasteiger partial charge < -0.3 is 24.4 Å². The van der Waals surface area contributed by atoms with E-state index in [9.17, 15) is 9.59 Å². The number of nitrogens with zero attached hydrogens (tertiary/aromatic N) is 6. The Kier molecular flexibility index (Phi) is 6.54. The standard InChI is InChI=1S/C25H38N8O3/c1-16-12-32(17(2)11-31(16)13-18-6-8-36-9-7-18)24(35)33-14-19-21(25(33,3)4)28-29-22(19)27-23(34)20-10-26-15-30(20)5/h10,15-18H,6-9,11-14H2,1-5H3,(H2,27,28,29,34)/t16-,17+/m1/s1. The molecule has 3 aliphatic heterocycles. The second kappa shape index (κ2) is 9.51. The molecule has 5 rings (SSSR count). The Labute approximate surface area is 212 Å².